The molecule has 3 heterocycles. The van der Waals surface area contributed by atoms with Gasteiger partial charge in [-0.3, -0.25) is 9.48 Å². The van der Waals surface area contributed by atoms with Crippen molar-refractivity contribution >= 4 is 28.8 Å². The molecule has 0 aliphatic rings. The summed E-state index contributed by atoms with van der Waals surface area (Å²) in [5.74, 6) is -1.31. The lowest BCUT2D eigenvalue weighted by atomic mass is 10.2. The molecule has 1 amide bonds. The molecule has 0 radical (unpaired) electrons. The van der Waals surface area contributed by atoms with Gasteiger partial charge in [0.05, 0.1) is 23.6 Å². The van der Waals surface area contributed by atoms with Crippen LogP contribution in [0.3, 0.4) is 0 Å². The number of amides is 1. The van der Waals surface area contributed by atoms with Gasteiger partial charge in [0.25, 0.3) is 18.8 Å². The van der Waals surface area contributed by atoms with Crippen LogP contribution >= 0.6 is 11.6 Å². The molecular formula is C21H16ClF5N6O. The lowest BCUT2D eigenvalue weighted by Gasteiger charge is -2.09. The molecule has 3 aromatic heterocycles. The van der Waals surface area contributed by atoms with Crippen LogP contribution in [0.5, 0.6) is 0 Å². The molecule has 0 fully saturated rings. The predicted octanol–water partition coefficient (Wildman–Crippen LogP) is 5.51. The zero-order chi connectivity index (χ0) is 24.7. The number of hydrogen-bond donors (Lipinski definition) is 1. The van der Waals surface area contributed by atoms with Gasteiger partial charge in [0.15, 0.2) is 11.3 Å². The van der Waals surface area contributed by atoms with Crippen LogP contribution in [0.25, 0.3) is 5.65 Å². The number of carbonyl (C=O) groups excluding carboxylic acids is 1. The fourth-order valence-corrected chi connectivity index (χ4v) is 3.66. The first kappa shape index (κ1) is 23.6. The third-order valence-corrected chi connectivity index (χ3v) is 5.50. The maximum Gasteiger partial charge on any atom is 0.280 e. The van der Waals surface area contributed by atoms with Crippen LogP contribution in [0.4, 0.5) is 27.6 Å². The Labute approximate surface area is 194 Å². The van der Waals surface area contributed by atoms with Gasteiger partial charge in [0.2, 0.25) is 0 Å². The highest BCUT2D eigenvalue weighted by molar-refractivity contribution is 6.31. The van der Waals surface area contributed by atoms with E-state index in [1.807, 2.05) is 0 Å². The molecule has 4 rings (SSSR count). The van der Waals surface area contributed by atoms with Crippen molar-refractivity contribution in [1.29, 1.82) is 0 Å². The number of nitrogens with one attached hydrogen (secondary N) is 1. The molecule has 4 aromatic rings. The smallest absolute Gasteiger partial charge is 0.280 e. The van der Waals surface area contributed by atoms with Gasteiger partial charge >= 0.3 is 0 Å². The van der Waals surface area contributed by atoms with Crippen LogP contribution < -0.4 is 5.32 Å². The van der Waals surface area contributed by atoms with E-state index in [0.717, 1.165) is 6.07 Å². The van der Waals surface area contributed by atoms with Crippen LogP contribution in [0.1, 0.15) is 51.7 Å². The Morgan fingerprint density at radius 2 is 1.85 bits per heavy atom. The van der Waals surface area contributed by atoms with E-state index in [0.29, 0.717) is 27.7 Å². The number of fused-ring (bicyclic) bond motifs is 1. The van der Waals surface area contributed by atoms with E-state index in [-0.39, 0.29) is 28.5 Å². The van der Waals surface area contributed by atoms with Crippen molar-refractivity contribution in [1.82, 2.24) is 24.4 Å². The summed E-state index contributed by atoms with van der Waals surface area (Å²) in [5.41, 5.74) is -0.927. The molecule has 0 atom stereocenters. The van der Waals surface area contributed by atoms with Crippen molar-refractivity contribution in [3.63, 3.8) is 0 Å². The number of alkyl halides is 4. The molecule has 34 heavy (non-hydrogen) atoms. The first-order chi connectivity index (χ1) is 16.1. The first-order valence-corrected chi connectivity index (χ1v) is 10.2. The number of aromatic nitrogens is 5. The molecule has 0 aliphatic carbocycles. The van der Waals surface area contributed by atoms with E-state index in [1.165, 1.54) is 16.8 Å². The molecule has 0 bridgehead atoms. The van der Waals surface area contributed by atoms with Crippen molar-refractivity contribution in [2.45, 2.75) is 33.2 Å². The second-order valence-electron chi connectivity index (χ2n) is 7.36. The molecule has 1 N–H and O–H groups in total. The van der Waals surface area contributed by atoms with Crippen LogP contribution in [0, 0.1) is 19.7 Å². The largest absolute Gasteiger partial charge is 0.317 e. The Kier molecular flexibility index (Phi) is 6.26. The second-order valence-corrected chi connectivity index (χ2v) is 7.77. The molecule has 13 heteroatoms. The number of halogens is 6. The topological polar surface area (TPSA) is 77.1 Å². The molecule has 0 aliphatic heterocycles. The molecule has 1 aromatic carbocycles. The number of rotatable bonds is 6. The van der Waals surface area contributed by atoms with E-state index in [2.05, 4.69) is 20.5 Å². The van der Waals surface area contributed by atoms with Crippen LogP contribution in [-0.2, 0) is 6.54 Å². The van der Waals surface area contributed by atoms with Gasteiger partial charge < -0.3 is 5.32 Å². The molecule has 7 nitrogen and oxygen atoms in total. The Balaban J connectivity index is 1.65. The summed E-state index contributed by atoms with van der Waals surface area (Å²) in [6.45, 7) is 3.25. The van der Waals surface area contributed by atoms with Crippen molar-refractivity contribution in [2.24, 2.45) is 0 Å². The van der Waals surface area contributed by atoms with Gasteiger partial charge in [-0.1, -0.05) is 17.7 Å². The van der Waals surface area contributed by atoms with Gasteiger partial charge in [-0.2, -0.15) is 10.2 Å². The van der Waals surface area contributed by atoms with Gasteiger partial charge in [-0.25, -0.2) is 31.5 Å². The zero-order valence-corrected chi connectivity index (χ0v) is 18.4. The Hall–Kier alpha value is -3.54. The minimum Gasteiger partial charge on any atom is -0.317 e. The number of aryl methyl sites for hydroxylation is 1. The third kappa shape index (κ3) is 4.32. The van der Waals surface area contributed by atoms with Crippen LogP contribution in [0.15, 0.2) is 30.3 Å². The number of hydrogen-bond acceptors (Lipinski definition) is 4. The molecule has 0 unspecified atom stereocenters. The number of carbonyl (C=O) groups is 1. The normalized spacial score (nSPS) is 11.7. The summed E-state index contributed by atoms with van der Waals surface area (Å²) in [6, 6.07) is 5.85. The summed E-state index contributed by atoms with van der Waals surface area (Å²) in [5, 5.41) is 10.9. The summed E-state index contributed by atoms with van der Waals surface area (Å²) in [7, 11) is 0. The fourth-order valence-electron chi connectivity index (χ4n) is 3.44. The number of nitrogens with zero attached hydrogens (tertiary/aromatic N) is 5. The monoisotopic (exact) mass is 498 g/mol. The highest BCUT2D eigenvalue weighted by Crippen LogP contribution is 2.27. The maximum atomic E-state index is 14.2. The predicted molar refractivity (Wildman–Crippen MR) is 113 cm³/mol. The Morgan fingerprint density at radius 3 is 2.50 bits per heavy atom. The zero-order valence-electron chi connectivity index (χ0n) is 17.7. The maximum absolute atomic E-state index is 14.2. The molecule has 0 spiro atoms. The molecular weight excluding hydrogens is 483 g/mol. The quantitative estimate of drug-likeness (QED) is 0.356. The standard InChI is InChI=1S/C21H16ClF5N6O/c1-9-18(10(2)32(30-9)8-11-12(22)4-3-5-13(11)23)29-21(34)15-7-17-28-14(19(24)25)6-16(20(26)27)33(17)31-15/h3-7,19-20H,8H2,1-2H3,(H,29,34). The van der Waals surface area contributed by atoms with Gasteiger partial charge in [-0.05, 0) is 32.0 Å². The van der Waals surface area contributed by atoms with E-state index in [9.17, 15) is 26.7 Å². The van der Waals surface area contributed by atoms with Crippen molar-refractivity contribution in [3.8, 4) is 0 Å². The minimum atomic E-state index is -3.12. The highest BCUT2D eigenvalue weighted by Gasteiger charge is 2.23. The third-order valence-electron chi connectivity index (χ3n) is 5.14. The highest BCUT2D eigenvalue weighted by atomic mass is 35.5. The van der Waals surface area contributed by atoms with Crippen molar-refractivity contribution < 1.29 is 26.7 Å². The summed E-state index contributed by atoms with van der Waals surface area (Å²) >= 11 is 6.08. The lowest BCUT2D eigenvalue weighted by molar-refractivity contribution is 0.102. The number of anilines is 1. The van der Waals surface area contributed by atoms with E-state index < -0.39 is 36.0 Å². The number of benzene rings is 1. The average Bonchev–Trinajstić information content (AvgIpc) is 3.32. The first-order valence-electron chi connectivity index (χ1n) is 9.82. The van der Waals surface area contributed by atoms with Crippen molar-refractivity contribution in [2.75, 3.05) is 5.32 Å². The summed E-state index contributed by atoms with van der Waals surface area (Å²) < 4.78 is 69.0. The Bertz CT molecular complexity index is 1380. The summed E-state index contributed by atoms with van der Waals surface area (Å²) in [6.07, 6.45) is -6.19. The minimum absolute atomic E-state index is 0.000485. The molecule has 178 valence electrons. The van der Waals surface area contributed by atoms with Crippen LogP contribution in [-0.4, -0.2) is 30.3 Å². The van der Waals surface area contributed by atoms with Gasteiger partial charge in [0.1, 0.15) is 17.2 Å². The SMILES string of the molecule is Cc1nn(Cc2c(F)cccc2Cl)c(C)c1NC(=O)c1cc2nc(C(F)F)cc(C(F)F)n2n1. The molecule has 0 saturated carbocycles. The van der Waals surface area contributed by atoms with Gasteiger partial charge in [-0.15, -0.1) is 0 Å². The van der Waals surface area contributed by atoms with E-state index in [4.69, 9.17) is 11.6 Å². The second kappa shape index (κ2) is 9.01. The van der Waals surface area contributed by atoms with E-state index in [1.54, 1.807) is 19.9 Å². The molecule has 0 saturated heterocycles. The average molecular weight is 499 g/mol. The summed E-state index contributed by atoms with van der Waals surface area (Å²) in [4.78, 5) is 16.4. The van der Waals surface area contributed by atoms with Gasteiger partial charge in [0, 0.05) is 16.7 Å². The van der Waals surface area contributed by atoms with E-state index >= 15 is 0 Å². The lowest BCUT2D eigenvalue weighted by Crippen LogP contribution is -2.14. The van der Waals surface area contributed by atoms with Crippen molar-refractivity contribution in [3.05, 3.63) is 75.2 Å². The Morgan fingerprint density at radius 1 is 1.12 bits per heavy atom. The van der Waals surface area contributed by atoms with Crippen LogP contribution in [0.2, 0.25) is 5.02 Å². The fraction of sp³-hybridized carbons (Fsp3) is 0.238.